The maximum atomic E-state index is 12.0. The van der Waals surface area contributed by atoms with Gasteiger partial charge in [-0.2, -0.15) is 5.06 Å². The third-order valence-electron chi connectivity index (χ3n) is 6.57. The van der Waals surface area contributed by atoms with Gasteiger partial charge in [-0.1, -0.05) is 12.1 Å². The summed E-state index contributed by atoms with van der Waals surface area (Å²) in [6.45, 7) is 3.94. The minimum absolute atomic E-state index is 0.407. The minimum atomic E-state index is -1.38. The summed E-state index contributed by atoms with van der Waals surface area (Å²) in [6.07, 6.45) is -3.47. The highest BCUT2D eigenvalue weighted by Gasteiger charge is 2.49. The zero-order valence-corrected chi connectivity index (χ0v) is 24.2. The van der Waals surface area contributed by atoms with Crippen LogP contribution in [0.3, 0.4) is 0 Å². The highest BCUT2D eigenvalue weighted by Crippen LogP contribution is 2.27. The number of carboxylic acid groups (broad SMARTS) is 1. The molecule has 0 saturated carbocycles. The Kier molecular flexibility index (Phi) is 14.8. The lowest BCUT2D eigenvalue weighted by atomic mass is 9.95. The number of carbonyl (C=O) groups excluding carboxylic acids is 1. The number of ether oxygens (including phenoxy) is 2. The molecular weight excluding hydrogens is 553 g/mol. The molecular formula is C26H41Cl2N3O8. The average molecular weight is 595 g/mol. The summed E-state index contributed by atoms with van der Waals surface area (Å²) in [4.78, 5) is 31.1. The number of amides is 1. The van der Waals surface area contributed by atoms with E-state index in [2.05, 4.69) is 34.5 Å². The number of nitrogens with one attached hydrogen (secondary N) is 1. The molecule has 11 nitrogen and oxygen atoms in total. The van der Waals surface area contributed by atoms with E-state index in [9.17, 15) is 24.9 Å². The van der Waals surface area contributed by atoms with E-state index in [1.165, 1.54) is 31.6 Å². The molecule has 4 N–H and O–H groups in total. The molecule has 1 aliphatic heterocycles. The van der Waals surface area contributed by atoms with E-state index in [0.717, 1.165) is 31.6 Å². The number of hydrogen-bond donors (Lipinski definition) is 4. The van der Waals surface area contributed by atoms with Crippen LogP contribution in [0, 0.1) is 0 Å². The van der Waals surface area contributed by atoms with Gasteiger partial charge in [-0.25, -0.2) is 4.79 Å². The van der Waals surface area contributed by atoms with E-state index < -0.39 is 55.2 Å². The summed E-state index contributed by atoms with van der Waals surface area (Å²) in [6, 6.07) is 7.31. The Morgan fingerprint density at radius 1 is 1.13 bits per heavy atom. The van der Waals surface area contributed by atoms with Crippen molar-refractivity contribution in [2.75, 3.05) is 50.0 Å². The van der Waals surface area contributed by atoms with Crippen molar-refractivity contribution in [2.45, 2.75) is 69.8 Å². The first-order chi connectivity index (χ1) is 18.7. The molecule has 0 spiro atoms. The number of halogens is 2. The lowest BCUT2D eigenvalue weighted by molar-refractivity contribution is -0.311. The Hall–Kier alpha value is -1.70. The van der Waals surface area contributed by atoms with Gasteiger partial charge in [-0.05, 0) is 43.9 Å². The van der Waals surface area contributed by atoms with Crippen LogP contribution in [0.1, 0.15) is 32.3 Å². The zero-order chi connectivity index (χ0) is 28.9. The number of carbonyl (C=O) groups is 2. The van der Waals surface area contributed by atoms with Crippen molar-refractivity contribution < 1.29 is 39.2 Å². The molecule has 0 radical (unpaired) electrons. The summed E-state index contributed by atoms with van der Waals surface area (Å²) in [5, 5.41) is 34.1. The number of nitrogens with zero attached hydrogens (tertiary/aromatic N) is 2. The number of unbranched alkanes of at least 4 members (excludes halogenated alkanes) is 1. The van der Waals surface area contributed by atoms with Crippen LogP contribution >= 0.6 is 23.2 Å². The van der Waals surface area contributed by atoms with Crippen molar-refractivity contribution in [3.05, 3.63) is 29.8 Å². The predicted molar refractivity (Wildman–Crippen MR) is 148 cm³/mol. The molecule has 0 bridgehead atoms. The maximum Gasteiger partial charge on any atom is 0.332 e. The van der Waals surface area contributed by atoms with Gasteiger partial charge in [0, 0.05) is 44.0 Å². The molecule has 1 saturated heterocycles. The average Bonchev–Trinajstić information content (AvgIpc) is 2.91. The Labute approximate surface area is 239 Å². The zero-order valence-electron chi connectivity index (χ0n) is 22.7. The van der Waals surface area contributed by atoms with Gasteiger partial charge in [-0.3, -0.25) is 9.63 Å². The second-order valence-corrected chi connectivity index (χ2v) is 10.1. The van der Waals surface area contributed by atoms with Crippen molar-refractivity contribution in [3.63, 3.8) is 0 Å². The summed E-state index contributed by atoms with van der Waals surface area (Å²) in [5.74, 6) is -0.609. The number of aryl methyl sites for hydroxylation is 1. The van der Waals surface area contributed by atoms with Crippen molar-refractivity contribution in [1.82, 2.24) is 10.4 Å². The third kappa shape index (κ3) is 10.0. The Morgan fingerprint density at radius 2 is 1.77 bits per heavy atom. The van der Waals surface area contributed by atoms with Crippen molar-refractivity contribution in [3.8, 4) is 0 Å². The molecule has 2 rings (SSSR count). The van der Waals surface area contributed by atoms with Crippen molar-refractivity contribution in [1.29, 1.82) is 0 Å². The molecule has 13 heteroatoms. The predicted octanol–water partition coefficient (Wildman–Crippen LogP) is 1.60. The number of anilines is 1. The van der Waals surface area contributed by atoms with E-state index in [1.807, 2.05) is 0 Å². The molecule has 39 heavy (non-hydrogen) atoms. The normalized spacial score (nSPS) is 23.9. The molecule has 1 aromatic rings. The smallest absolute Gasteiger partial charge is 0.332 e. The van der Waals surface area contributed by atoms with Gasteiger partial charge in [0.05, 0.1) is 19.8 Å². The fourth-order valence-corrected chi connectivity index (χ4v) is 4.95. The number of hydroxylamine groups is 2. The fraction of sp³-hybridized carbons (Fsp3) is 0.692. The first kappa shape index (κ1) is 33.5. The lowest BCUT2D eigenvalue weighted by Gasteiger charge is -2.47. The van der Waals surface area contributed by atoms with Gasteiger partial charge in [0.25, 0.3) is 0 Å². The van der Waals surface area contributed by atoms with Crippen LogP contribution in [0.5, 0.6) is 0 Å². The summed E-state index contributed by atoms with van der Waals surface area (Å²) in [7, 11) is 1.45. The quantitative estimate of drug-likeness (QED) is 0.119. The van der Waals surface area contributed by atoms with E-state index in [0.29, 0.717) is 24.7 Å². The van der Waals surface area contributed by atoms with E-state index >= 15 is 0 Å². The number of benzene rings is 1. The third-order valence-corrected chi connectivity index (χ3v) is 6.91. The number of aliphatic hydroxyl groups excluding tert-OH is 2. The maximum absolute atomic E-state index is 12.0. The molecule has 1 unspecified atom stereocenters. The van der Waals surface area contributed by atoms with Crippen LogP contribution in [0.25, 0.3) is 0 Å². The molecule has 0 aromatic heterocycles. The molecule has 1 heterocycles. The van der Waals surface area contributed by atoms with E-state index in [-0.39, 0.29) is 0 Å². The molecule has 1 aliphatic rings. The first-order valence-corrected chi connectivity index (χ1v) is 14.1. The number of alkyl halides is 2. The van der Waals surface area contributed by atoms with Crippen LogP contribution in [0.4, 0.5) is 5.69 Å². The second kappa shape index (κ2) is 17.2. The number of rotatable bonds is 17. The fourth-order valence-electron chi connectivity index (χ4n) is 4.54. The molecule has 1 amide bonds. The van der Waals surface area contributed by atoms with Crippen LogP contribution in [-0.4, -0.2) is 114 Å². The second-order valence-electron chi connectivity index (χ2n) is 9.36. The Balaban J connectivity index is 2.06. The number of hydrogen-bond acceptors (Lipinski definition) is 9. The minimum Gasteiger partial charge on any atom is -0.479 e. The SMILES string of the molecule is CON(CCCCc1ccc(N(CCCl)CCCl)cc1)C1O[C@H](CO)[C@@H](O)[C@H](O[C@H](C)C(=O)O)[C@H]1NC(C)=O. The topological polar surface area (TPSA) is 141 Å². The van der Waals surface area contributed by atoms with Crippen molar-refractivity contribution in [2.24, 2.45) is 0 Å². The summed E-state index contributed by atoms with van der Waals surface area (Å²) < 4.78 is 11.5. The molecule has 1 fully saturated rings. The highest BCUT2D eigenvalue weighted by molar-refractivity contribution is 6.18. The van der Waals surface area contributed by atoms with Gasteiger partial charge >= 0.3 is 5.97 Å². The van der Waals surface area contributed by atoms with Gasteiger partial charge < -0.3 is 35.0 Å². The summed E-state index contributed by atoms with van der Waals surface area (Å²) in [5.41, 5.74) is 2.24. The number of carboxylic acids is 1. The van der Waals surface area contributed by atoms with Crippen LogP contribution in [0.15, 0.2) is 24.3 Å². The van der Waals surface area contributed by atoms with Gasteiger partial charge in [0.2, 0.25) is 5.91 Å². The largest absolute Gasteiger partial charge is 0.479 e. The highest BCUT2D eigenvalue weighted by atomic mass is 35.5. The Morgan fingerprint density at radius 3 is 2.28 bits per heavy atom. The molecule has 0 aliphatic carbocycles. The van der Waals surface area contributed by atoms with E-state index in [4.69, 9.17) is 37.5 Å². The molecule has 1 aromatic carbocycles. The first-order valence-electron chi connectivity index (χ1n) is 13.0. The monoisotopic (exact) mass is 593 g/mol. The molecule has 222 valence electrons. The summed E-state index contributed by atoms with van der Waals surface area (Å²) >= 11 is 11.8. The number of aliphatic hydroxyl groups is 2. The van der Waals surface area contributed by atoms with Crippen LogP contribution in [-0.2, 0) is 30.3 Å². The lowest BCUT2D eigenvalue weighted by Crippen LogP contribution is -2.69. The van der Waals surface area contributed by atoms with Gasteiger partial charge in [0.15, 0.2) is 12.3 Å². The molecule has 6 atom stereocenters. The van der Waals surface area contributed by atoms with Crippen molar-refractivity contribution >= 4 is 40.8 Å². The van der Waals surface area contributed by atoms with E-state index in [1.54, 1.807) is 0 Å². The number of aliphatic carboxylic acids is 1. The standard InChI is InChI=1S/C26H41Cl2N3O8/c1-17(26(35)36)38-24-22(29-18(2)33)25(39-21(16-32)23(24)34)31(37-3)13-5-4-6-19-7-9-20(10-8-19)30(14-11-27)15-12-28/h7-10,17,21-25,32,34H,4-6,11-16H2,1-3H3,(H,29,33)(H,35,36)/t17-,21-,22-,23-,24-,25?/m1/s1. The van der Waals surface area contributed by atoms with Crippen LogP contribution < -0.4 is 10.2 Å². The van der Waals surface area contributed by atoms with Gasteiger partial charge in [-0.15, -0.1) is 23.2 Å². The Bertz CT molecular complexity index is 875. The van der Waals surface area contributed by atoms with Gasteiger partial charge in [0.1, 0.15) is 18.3 Å². The van der Waals surface area contributed by atoms with Crippen LogP contribution in [0.2, 0.25) is 0 Å².